The molecule has 1 aromatic rings. The van der Waals surface area contributed by atoms with Gasteiger partial charge in [-0.2, -0.15) is 0 Å². The van der Waals surface area contributed by atoms with Gasteiger partial charge < -0.3 is 25.3 Å². The molecule has 20 heavy (non-hydrogen) atoms. The molecule has 8 nitrogen and oxygen atoms in total. The van der Waals surface area contributed by atoms with E-state index in [9.17, 15) is 14.4 Å². The molecule has 0 radical (unpaired) electrons. The second-order valence-electron chi connectivity index (χ2n) is 3.78. The summed E-state index contributed by atoms with van der Waals surface area (Å²) in [5.41, 5.74) is 0. The molecular weight excluding hydrogens is 336 g/mol. The number of halogens is 1. The van der Waals surface area contributed by atoms with E-state index in [0.717, 1.165) is 0 Å². The summed E-state index contributed by atoms with van der Waals surface area (Å²) in [7, 11) is 0. The molecule has 0 fully saturated rings. The van der Waals surface area contributed by atoms with E-state index in [0.29, 0.717) is 4.67 Å². The predicted molar refractivity (Wildman–Crippen MR) is 70.0 cm³/mol. The van der Waals surface area contributed by atoms with E-state index in [1.54, 1.807) is 6.07 Å². The fraction of sp³-hybridized carbons (Fsp3) is 0.364. The maximum atomic E-state index is 11.5. The van der Waals surface area contributed by atoms with Crippen molar-refractivity contribution < 1.29 is 29.0 Å². The van der Waals surface area contributed by atoms with Crippen LogP contribution in [0.2, 0.25) is 0 Å². The van der Waals surface area contributed by atoms with Crippen molar-refractivity contribution in [3.8, 4) is 0 Å². The second kappa shape index (κ2) is 7.65. The fourth-order valence-corrected chi connectivity index (χ4v) is 1.52. The largest absolute Gasteiger partial charge is 0.479 e. The molecule has 0 aliphatic rings. The molecule has 1 rings (SSSR count). The Labute approximate surface area is 122 Å². The average Bonchev–Trinajstić information content (AvgIpc) is 2.82. The van der Waals surface area contributed by atoms with Crippen LogP contribution in [0.1, 0.15) is 17.0 Å². The first-order chi connectivity index (χ1) is 9.40. The number of furan rings is 1. The first-order valence-corrected chi connectivity index (χ1v) is 6.40. The standard InChI is InChI=1S/C11H13BrN2O6/c12-8-2-1-7(20-8)10(17)14-5-9(16)13-4-3-6(15)11(18)19/h1-2,6,15H,3-5H2,(H,13,16)(H,14,17)(H,18,19). The summed E-state index contributed by atoms with van der Waals surface area (Å²) >= 11 is 3.04. The Kier molecular flexibility index (Phi) is 6.19. The molecule has 1 aromatic heterocycles. The van der Waals surface area contributed by atoms with Gasteiger partial charge in [-0.15, -0.1) is 0 Å². The van der Waals surface area contributed by atoms with Crippen molar-refractivity contribution in [1.29, 1.82) is 0 Å². The number of hydrogen-bond donors (Lipinski definition) is 4. The first kappa shape index (κ1) is 16.2. The number of carbonyl (C=O) groups excluding carboxylic acids is 2. The van der Waals surface area contributed by atoms with Gasteiger partial charge in [0, 0.05) is 13.0 Å². The molecule has 1 atom stereocenters. The molecule has 0 saturated carbocycles. The number of nitrogens with one attached hydrogen (secondary N) is 2. The van der Waals surface area contributed by atoms with Crippen LogP contribution in [-0.2, 0) is 9.59 Å². The van der Waals surface area contributed by atoms with Crippen LogP contribution in [0.15, 0.2) is 21.2 Å². The van der Waals surface area contributed by atoms with E-state index in [4.69, 9.17) is 14.6 Å². The van der Waals surface area contributed by atoms with E-state index >= 15 is 0 Å². The predicted octanol–water partition coefficient (Wildman–Crippen LogP) is -0.276. The van der Waals surface area contributed by atoms with Gasteiger partial charge in [-0.25, -0.2) is 4.79 Å². The number of amides is 2. The number of carbonyl (C=O) groups is 3. The topological polar surface area (TPSA) is 129 Å². The summed E-state index contributed by atoms with van der Waals surface area (Å²) in [4.78, 5) is 33.2. The molecule has 9 heteroatoms. The van der Waals surface area contributed by atoms with Gasteiger partial charge in [-0.3, -0.25) is 9.59 Å². The third-order valence-corrected chi connectivity index (χ3v) is 2.66. The maximum absolute atomic E-state index is 11.5. The zero-order valence-corrected chi connectivity index (χ0v) is 11.8. The van der Waals surface area contributed by atoms with Crippen molar-refractivity contribution in [3.05, 3.63) is 22.6 Å². The van der Waals surface area contributed by atoms with Gasteiger partial charge in [0.05, 0.1) is 6.54 Å². The molecule has 0 spiro atoms. The Morgan fingerprint density at radius 1 is 1.30 bits per heavy atom. The summed E-state index contributed by atoms with van der Waals surface area (Å²) in [5, 5.41) is 22.1. The molecule has 0 bridgehead atoms. The van der Waals surface area contributed by atoms with Crippen LogP contribution < -0.4 is 10.6 Å². The highest BCUT2D eigenvalue weighted by molar-refractivity contribution is 9.10. The van der Waals surface area contributed by atoms with Gasteiger partial charge >= 0.3 is 5.97 Å². The highest BCUT2D eigenvalue weighted by Crippen LogP contribution is 2.13. The van der Waals surface area contributed by atoms with E-state index < -0.39 is 23.9 Å². The molecule has 0 aliphatic carbocycles. The Bertz CT molecular complexity index is 501. The van der Waals surface area contributed by atoms with Crippen LogP contribution in [0.3, 0.4) is 0 Å². The van der Waals surface area contributed by atoms with Crippen LogP contribution in [0.4, 0.5) is 0 Å². The zero-order valence-electron chi connectivity index (χ0n) is 10.3. The van der Waals surface area contributed by atoms with Crippen LogP contribution >= 0.6 is 15.9 Å². The monoisotopic (exact) mass is 348 g/mol. The lowest BCUT2D eigenvalue weighted by Gasteiger charge is -2.07. The van der Waals surface area contributed by atoms with Crippen molar-refractivity contribution >= 4 is 33.7 Å². The van der Waals surface area contributed by atoms with Crippen molar-refractivity contribution in [2.75, 3.05) is 13.1 Å². The molecule has 1 unspecified atom stereocenters. The molecule has 0 aromatic carbocycles. The Hall–Kier alpha value is -1.87. The minimum atomic E-state index is -1.52. The lowest BCUT2D eigenvalue weighted by molar-refractivity contribution is -0.147. The number of rotatable bonds is 7. The van der Waals surface area contributed by atoms with Crippen molar-refractivity contribution in [3.63, 3.8) is 0 Å². The summed E-state index contributed by atoms with van der Waals surface area (Å²) in [6, 6.07) is 2.99. The number of aliphatic hydroxyl groups is 1. The first-order valence-electron chi connectivity index (χ1n) is 5.61. The van der Waals surface area contributed by atoms with Crippen molar-refractivity contribution in [2.45, 2.75) is 12.5 Å². The van der Waals surface area contributed by atoms with Crippen LogP contribution in [0.5, 0.6) is 0 Å². The second-order valence-corrected chi connectivity index (χ2v) is 4.56. The lowest BCUT2D eigenvalue weighted by atomic mass is 10.2. The van der Waals surface area contributed by atoms with Crippen molar-refractivity contribution in [2.24, 2.45) is 0 Å². The molecule has 110 valence electrons. The molecule has 2 amide bonds. The third kappa shape index (κ3) is 5.41. The highest BCUT2D eigenvalue weighted by atomic mass is 79.9. The van der Waals surface area contributed by atoms with Crippen molar-refractivity contribution in [1.82, 2.24) is 10.6 Å². The van der Waals surface area contributed by atoms with Gasteiger partial charge in [0.1, 0.15) is 0 Å². The van der Waals surface area contributed by atoms with Gasteiger partial charge in [0.2, 0.25) is 5.91 Å². The molecule has 0 aliphatic heterocycles. The van der Waals surface area contributed by atoms with E-state index in [2.05, 4.69) is 26.6 Å². The zero-order chi connectivity index (χ0) is 15.1. The van der Waals surface area contributed by atoms with Gasteiger partial charge in [-0.1, -0.05) is 0 Å². The van der Waals surface area contributed by atoms with Gasteiger partial charge in [0.25, 0.3) is 5.91 Å². The van der Waals surface area contributed by atoms with E-state index in [-0.39, 0.29) is 25.3 Å². The number of aliphatic carboxylic acids is 1. The number of carboxylic acid groups (broad SMARTS) is 1. The minimum Gasteiger partial charge on any atom is -0.479 e. The van der Waals surface area contributed by atoms with E-state index in [1.807, 2.05) is 0 Å². The highest BCUT2D eigenvalue weighted by Gasteiger charge is 2.14. The summed E-state index contributed by atoms with van der Waals surface area (Å²) in [5.74, 6) is -2.33. The van der Waals surface area contributed by atoms with Gasteiger partial charge in [0.15, 0.2) is 16.5 Å². The number of carboxylic acids is 1. The Morgan fingerprint density at radius 3 is 2.55 bits per heavy atom. The lowest BCUT2D eigenvalue weighted by Crippen LogP contribution is -2.38. The Morgan fingerprint density at radius 2 is 2.00 bits per heavy atom. The van der Waals surface area contributed by atoms with Crippen LogP contribution in [-0.4, -0.2) is 47.2 Å². The molecule has 4 N–H and O–H groups in total. The molecule has 0 saturated heterocycles. The number of aliphatic hydroxyl groups excluding tert-OH is 1. The number of hydrogen-bond acceptors (Lipinski definition) is 5. The maximum Gasteiger partial charge on any atom is 0.332 e. The normalized spacial score (nSPS) is 11.7. The molecular formula is C11H13BrN2O6. The molecule has 1 heterocycles. The van der Waals surface area contributed by atoms with E-state index in [1.165, 1.54) is 6.07 Å². The summed E-state index contributed by atoms with van der Waals surface area (Å²) < 4.78 is 5.39. The Balaban J connectivity index is 2.23. The fourth-order valence-electron chi connectivity index (χ4n) is 1.22. The quantitative estimate of drug-likeness (QED) is 0.536. The minimum absolute atomic E-state index is 0.00549. The SMILES string of the molecule is O=C(CNC(=O)c1ccc(Br)o1)NCCC(O)C(=O)O. The van der Waals surface area contributed by atoms with Gasteiger partial charge in [-0.05, 0) is 28.1 Å². The summed E-state index contributed by atoms with van der Waals surface area (Å²) in [6.07, 6.45) is -1.63. The third-order valence-electron chi connectivity index (χ3n) is 2.23. The van der Waals surface area contributed by atoms with Crippen LogP contribution in [0.25, 0.3) is 0 Å². The van der Waals surface area contributed by atoms with Crippen LogP contribution in [0, 0.1) is 0 Å². The smallest absolute Gasteiger partial charge is 0.332 e. The summed E-state index contributed by atoms with van der Waals surface area (Å²) in [6.45, 7) is -0.283. The average molecular weight is 349 g/mol.